The van der Waals surface area contributed by atoms with Crippen LogP contribution in [0.5, 0.6) is 0 Å². The Bertz CT molecular complexity index is 344. The minimum absolute atomic E-state index is 0.732. The molecule has 0 radical (unpaired) electrons. The van der Waals surface area contributed by atoms with Gasteiger partial charge in [0.1, 0.15) is 0 Å². The summed E-state index contributed by atoms with van der Waals surface area (Å²) >= 11 is 0. The molecule has 0 aromatic heterocycles. The van der Waals surface area contributed by atoms with Crippen molar-refractivity contribution >= 4 is 6.08 Å². The number of allylic oxidation sites excluding steroid dienone is 3. The van der Waals surface area contributed by atoms with E-state index < -0.39 is 0 Å². The first kappa shape index (κ1) is 9.26. The van der Waals surface area contributed by atoms with Gasteiger partial charge in [0.05, 0.1) is 0 Å². The molecule has 0 bridgehead atoms. The lowest BCUT2D eigenvalue weighted by molar-refractivity contribution is 1.16. The van der Waals surface area contributed by atoms with Crippen LogP contribution < -0.4 is 0 Å². The van der Waals surface area contributed by atoms with Crippen molar-refractivity contribution in [3.8, 4) is 0 Å². The Morgan fingerprint density at radius 1 is 1.29 bits per heavy atom. The summed E-state index contributed by atoms with van der Waals surface area (Å²) in [6.07, 6.45) is 9.33. The lowest BCUT2D eigenvalue weighted by Crippen LogP contribution is -1.69. The van der Waals surface area contributed by atoms with Gasteiger partial charge in [-0.2, -0.15) is 0 Å². The highest BCUT2D eigenvalue weighted by molar-refractivity contribution is 5.51. The third-order valence-electron chi connectivity index (χ3n) is 2.56. The van der Waals surface area contributed by atoms with Gasteiger partial charge >= 0.3 is 0 Å². The molecule has 1 fully saturated rings. The highest BCUT2D eigenvalue weighted by Crippen LogP contribution is 2.39. The van der Waals surface area contributed by atoms with Crippen LogP contribution in [0.25, 0.3) is 6.08 Å². The molecule has 1 saturated carbocycles. The van der Waals surface area contributed by atoms with Crippen LogP contribution in [0.3, 0.4) is 0 Å². The lowest BCUT2D eigenvalue weighted by atomic mass is 10.2. The molecule has 14 heavy (non-hydrogen) atoms. The number of rotatable bonds is 3. The fourth-order valence-corrected chi connectivity index (χ4v) is 1.67. The Kier molecular flexibility index (Phi) is 2.83. The maximum Gasteiger partial charge on any atom is 0.00178 e. The lowest BCUT2D eigenvalue weighted by Gasteiger charge is -1.89. The first-order valence-electron chi connectivity index (χ1n) is 5.32. The van der Waals surface area contributed by atoms with Gasteiger partial charge in [-0.25, -0.2) is 0 Å². The Hall–Kier alpha value is -1.30. The van der Waals surface area contributed by atoms with Crippen molar-refractivity contribution in [2.75, 3.05) is 0 Å². The van der Waals surface area contributed by atoms with E-state index in [-0.39, 0.29) is 0 Å². The molecular weight excluding hydrogens is 168 g/mol. The molecule has 0 spiro atoms. The van der Waals surface area contributed by atoms with Gasteiger partial charge < -0.3 is 0 Å². The molecule has 0 heterocycles. The maximum absolute atomic E-state index is 2.35. The monoisotopic (exact) mass is 184 g/mol. The Morgan fingerprint density at radius 3 is 2.79 bits per heavy atom. The summed E-state index contributed by atoms with van der Waals surface area (Å²) in [7, 11) is 0. The van der Waals surface area contributed by atoms with E-state index in [4.69, 9.17) is 0 Å². The van der Waals surface area contributed by atoms with Crippen LogP contribution in [0.4, 0.5) is 0 Å². The highest BCUT2D eigenvalue weighted by atomic mass is 14.3. The molecule has 0 N–H and O–H groups in total. The molecule has 1 aliphatic carbocycles. The smallest absolute Gasteiger partial charge is 0.00178 e. The van der Waals surface area contributed by atoms with E-state index in [1.165, 1.54) is 18.4 Å². The Morgan fingerprint density at radius 2 is 2.07 bits per heavy atom. The van der Waals surface area contributed by atoms with E-state index >= 15 is 0 Å². The van der Waals surface area contributed by atoms with Crippen LogP contribution in [0, 0.1) is 5.92 Å². The van der Waals surface area contributed by atoms with E-state index in [0.29, 0.717) is 0 Å². The SMILES string of the molecule is CCC=C1CC1C=Cc1ccccc1. The van der Waals surface area contributed by atoms with Gasteiger partial charge in [0.25, 0.3) is 0 Å². The summed E-state index contributed by atoms with van der Waals surface area (Å²) in [5.74, 6) is 0.732. The predicted molar refractivity (Wildman–Crippen MR) is 62.0 cm³/mol. The second kappa shape index (κ2) is 4.28. The summed E-state index contributed by atoms with van der Waals surface area (Å²) in [6.45, 7) is 2.20. The van der Waals surface area contributed by atoms with Crippen molar-refractivity contribution in [2.45, 2.75) is 19.8 Å². The van der Waals surface area contributed by atoms with Crippen molar-refractivity contribution < 1.29 is 0 Å². The largest absolute Gasteiger partial charge is 0.0850 e. The number of benzene rings is 1. The summed E-state index contributed by atoms with van der Waals surface area (Å²) in [5.41, 5.74) is 2.91. The maximum atomic E-state index is 2.35. The molecule has 0 amide bonds. The quantitative estimate of drug-likeness (QED) is 0.621. The number of hydrogen-bond acceptors (Lipinski definition) is 0. The van der Waals surface area contributed by atoms with Gasteiger partial charge in [-0.15, -0.1) is 0 Å². The topological polar surface area (TPSA) is 0 Å². The second-order valence-corrected chi connectivity index (χ2v) is 3.77. The summed E-state index contributed by atoms with van der Waals surface area (Å²) in [5, 5.41) is 0. The summed E-state index contributed by atoms with van der Waals surface area (Å²) < 4.78 is 0. The minimum Gasteiger partial charge on any atom is -0.0850 e. The predicted octanol–water partition coefficient (Wildman–Crippen LogP) is 4.06. The van der Waals surface area contributed by atoms with Gasteiger partial charge in [0.2, 0.25) is 0 Å². The van der Waals surface area contributed by atoms with E-state index in [2.05, 4.69) is 55.5 Å². The molecule has 72 valence electrons. The van der Waals surface area contributed by atoms with E-state index in [1.54, 1.807) is 5.57 Å². The van der Waals surface area contributed by atoms with Crippen LogP contribution in [0.2, 0.25) is 0 Å². The second-order valence-electron chi connectivity index (χ2n) is 3.77. The Labute approximate surface area is 86.0 Å². The molecule has 1 aliphatic rings. The van der Waals surface area contributed by atoms with E-state index in [0.717, 1.165) is 5.92 Å². The normalized spacial score (nSPS) is 23.2. The third-order valence-corrected chi connectivity index (χ3v) is 2.56. The molecular formula is C14H16. The molecule has 1 aromatic carbocycles. The van der Waals surface area contributed by atoms with Crippen LogP contribution >= 0.6 is 0 Å². The molecule has 1 aromatic rings. The molecule has 0 nitrogen and oxygen atoms in total. The standard InChI is InChI=1S/C14H16/c1-2-6-13-11-14(13)10-9-12-7-4-3-5-8-12/h3-10,14H,2,11H2,1H3. The first-order valence-corrected chi connectivity index (χ1v) is 5.32. The van der Waals surface area contributed by atoms with Gasteiger partial charge in [-0.05, 0) is 18.4 Å². The zero-order chi connectivity index (χ0) is 9.80. The van der Waals surface area contributed by atoms with Crippen molar-refractivity contribution in [2.24, 2.45) is 5.92 Å². The Balaban J connectivity index is 1.94. The van der Waals surface area contributed by atoms with Crippen molar-refractivity contribution in [1.29, 1.82) is 0 Å². The van der Waals surface area contributed by atoms with Crippen LogP contribution in [0.1, 0.15) is 25.3 Å². The molecule has 0 aliphatic heterocycles. The molecule has 2 rings (SSSR count). The van der Waals surface area contributed by atoms with Gasteiger partial charge in [0, 0.05) is 5.92 Å². The molecule has 1 unspecified atom stereocenters. The van der Waals surface area contributed by atoms with Crippen LogP contribution in [0.15, 0.2) is 48.1 Å². The number of hydrogen-bond donors (Lipinski definition) is 0. The molecule has 1 atom stereocenters. The first-order chi connectivity index (χ1) is 6.90. The van der Waals surface area contributed by atoms with E-state index in [9.17, 15) is 0 Å². The fourth-order valence-electron chi connectivity index (χ4n) is 1.67. The van der Waals surface area contributed by atoms with E-state index in [1.807, 2.05) is 0 Å². The zero-order valence-electron chi connectivity index (χ0n) is 8.61. The third kappa shape index (κ3) is 2.35. The van der Waals surface area contributed by atoms with Crippen molar-refractivity contribution in [3.63, 3.8) is 0 Å². The zero-order valence-corrected chi connectivity index (χ0v) is 8.61. The summed E-state index contributed by atoms with van der Waals surface area (Å²) in [6, 6.07) is 10.5. The van der Waals surface area contributed by atoms with Crippen LogP contribution in [-0.2, 0) is 0 Å². The van der Waals surface area contributed by atoms with Gasteiger partial charge in [-0.1, -0.05) is 61.1 Å². The molecule has 0 heteroatoms. The van der Waals surface area contributed by atoms with Gasteiger partial charge in [-0.3, -0.25) is 0 Å². The van der Waals surface area contributed by atoms with Gasteiger partial charge in [0.15, 0.2) is 0 Å². The average molecular weight is 184 g/mol. The van der Waals surface area contributed by atoms with Crippen molar-refractivity contribution in [3.05, 3.63) is 53.6 Å². The fraction of sp³-hybridized carbons (Fsp3) is 0.286. The van der Waals surface area contributed by atoms with Crippen molar-refractivity contribution in [1.82, 2.24) is 0 Å². The highest BCUT2D eigenvalue weighted by Gasteiger charge is 2.25. The average Bonchev–Trinajstić information content (AvgIpc) is 2.96. The van der Waals surface area contributed by atoms with Crippen LogP contribution in [-0.4, -0.2) is 0 Å². The minimum atomic E-state index is 0.732. The molecule has 0 saturated heterocycles. The summed E-state index contributed by atoms with van der Waals surface area (Å²) in [4.78, 5) is 0.